The molecule has 1 saturated heterocycles. The highest BCUT2D eigenvalue weighted by atomic mass is 32.3. The third kappa shape index (κ3) is 4.79. The first-order chi connectivity index (χ1) is 18.3. The number of nitrogens with zero attached hydrogens (tertiary/aromatic N) is 4. The molecule has 5 rings (SSSR count). The summed E-state index contributed by atoms with van der Waals surface area (Å²) in [6, 6.07) is 17.3. The number of morpholine rings is 1. The number of hydrogen-bond donors (Lipinski definition) is 4. The van der Waals surface area contributed by atoms with Crippen LogP contribution in [-0.2, 0) is 9.48 Å². The lowest BCUT2D eigenvalue weighted by Gasteiger charge is -2.41. The van der Waals surface area contributed by atoms with E-state index in [2.05, 4.69) is 28.5 Å². The molecule has 0 bridgehead atoms. The first kappa shape index (κ1) is 25.9. The zero-order valence-electron chi connectivity index (χ0n) is 21.2. The van der Waals surface area contributed by atoms with Gasteiger partial charge in [0.15, 0.2) is 5.82 Å². The summed E-state index contributed by atoms with van der Waals surface area (Å²) in [5, 5.41) is 14.4. The Hall–Kier alpha value is -3.69. The highest BCUT2D eigenvalue weighted by molar-refractivity contribution is 8.25. The van der Waals surface area contributed by atoms with E-state index in [0.29, 0.717) is 66.1 Å². The molecular formula is C27H30N6O4S. The summed E-state index contributed by atoms with van der Waals surface area (Å²) in [7, 11) is -1.74. The second kappa shape index (κ2) is 10.2. The number of ether oxygens (including phenoxy) is 1. The topological polar surface area (TPSA) is 144 Å². The highest BCUT2D eigenvalue weighted by Gasteiger charge is 2.57. The molecule has 0 unspecified atom stereocenters. The quantitative estimate of drug-likeness (QED) is 0.353. The van der Waals surface area contributed by atoms with Gasteiger partial charge in [0.25, 0.3) is 0 Å². The Morgan fingerprint density at radius 2 is 1.87 bits per heavy atom. The van der Waals surface area contributed by atoms with Gasteiger partial charge < -0.3 is 20.3 Å². The van der Waals surface area contributed by atoms with Gasteiger partial charge in [0.2, 0.25) is 0 Å². The fraction of sp³-hybridized carbons (Fsp3) is 0.333. The van der Waals surface area contributed by atoms with Crippen molar-refractivity contribution in [1.29, 1.82) is 5.26 Å². The van der Waals surface area contributed by atoms with E-state index in [1.807, 2.05) is 18.2 Å². The predicted molar refractivity (Wildman–Crippen MR) is 146 cm³/mol. The van der Waals surface area contributed by atoms with Crippen LogP contribution in [0.2, 0.25) is 0 Å². The second-order valence-corrected chi connectivity index (χ2v) is 11.9. The zero-order chi connectivity index (χ0) is 26.9. The van der Waals surface area contributed by atoms with Crippen LogP contribution in [0.25, 0.3) is 11.4 Å². The van der Waals surface area contributed by atoms with Gasteiger partial charge in [-0.05, 0) is 68.3 Å². The molecule has 4 N–H and O–H groups in total. The van der Waals surface area contributed by atoms with E-state index in [0.717, 1.165) is 5.56 Å². The van der Waals surface area contributed by atoms with Crippen LogP contribution < -0.4 is 15.5 Å². The first-order valence-electron chi connectivity index (χ1n) is 12.4. The molecule has 3 aromatic rings. The maximum atomic E-state index is 11.7. The predicted octanol–water partition coefficient (Wildman–Crippen LogP) is 4.79. The Bertz CT molecular complexity index is 1370. The van der Waals surface area contributed by atoms with Crippen molar-refractivity contribution in [1.82, 2.24) is 15.3 Å². The number of carbonyl (C=O) groups excluding carboxylic acids is 1. The molecular weight excluding hydrogens is 504 g/mol. The largest absolute Gasteiger partial charge is 0.377 e. The van der Waals surface area contributed by atoms with Crippen LogP contribution >= 0.6 is 10.6 Å². The van der Waals surface area contributed by atoms with Gasteiger partial charge in [-0.25, -0.2) is 14.8 Å². The molecule has 2 aliphatic rings. The van der Waals surface area contributed by atoms with Gasteiger partial charge in [-0.1, -0.05) is 0 Å². The fourth-order valence-corrected chi connectivity index (χ4v) is 6.69. The van der Waals surface area contributed by atoms with E-state index in [4.69, 9.17) is 20.0 Å². The van der Waals surface area contributed by atoms with Crippen molar-refractivity contribution < 1.29 is 18.6 Å². The number of nitriles is 1. The van der Waals surface area contributed by atoms with E-state index in [1.54, 1.807) is 43.4 Å². The van der Waals surface area contributed by atoms with Crippen molar-refractivity contribution in [2.45, 2.75) is 35.4 Å². The summed E-state index contributed by atoms with van der Waals surface area (Å²) >= 11 is 0. The van der Waals surface area contributed by atoms with E-state index in [1.165, 1.54) is 0 Å². The average molecular weight is 535 g/mol. The molecule has 1 aliphatic heterocycles. The molecule has 1 atom stereocenters. The van der Waals surface area contributed by atoms with Crippen LogP contribution in [0.15, 0.2) is 59.5 Å². The maximum absolute atomic E-state index is 11.7. The lowest BCUT2D eigenvalue weighted by Crippen LogP contribution is -2.44. The second-order valence-electron chi connectivity index (χ2n) is 9.51. The van der Waals surface area contributed by atoms with Gasteiger partial charge in [0.05, 0.1) is 41.5 Å². The minimum absolute atomic E-state index is 0.0903. The summed E-state index contributed by atoms with van der Waals surface area (Å²) in [5.74, 6) is 1.17. The molecule has 1 aliphatic carbocycles. The Labute approximate surface area is 223 Å². The standard InChI is InChI=1S/C27H30N6O4S/c1-18-17-37-14-13-33(18)24-15-23(27(11-12-27)38(35,36)22-9-3-19(16-28)4-10-22)31-25(32-24)20-5-7-21(8-6-20)30-26(34)29-2/h3-10,15,18,35-36H,11-14,17H2,1-2H3,(H2,29,30,34)/t18-/m0/s1. The molecule has 2 fully saturated rings. The number of urea groups is 1. The summed E-state index contributed by atoms with van der Waals surface area (Å²) in [6.45, 7) is 3.87. The number of benzene rings is 2. The smallest absolute Gasteiger partial charge is 0.318 e. The number of rotatable bonds is 6. The minimum atomic E-state index is -3.29. The van der Waals surface area contributed by atoms with E-state index in [9.17, 15) is 13.9 Å². The number of nitrogens with one attached hydrogen (secondary N) is 2. The van der Waals surface area contributed by atoms with Crippen LogP contribution in [0.1, 0.15) is 31.0 Å². The number of hydrogen-bond acceptors (Lipinski definition) is 8. The van der Waals surface area contributed by atoms with Gasteiger partial charge >= 0.3 is 6.03 Å². The van der Waals surface area contributed by atoms with Gasteiger partial charge in [0.1, 0.15) is 10.6 Å². The number of amides is 2. The highest BCUT2D eigenvalue weighted by Crippen LogP contribution is 2.75. The Kier molecular flexibility index (Phi) is 6.98. The molecule has 1 saturated carbocycles. The van der Waals surface area contributed by atoms with E-state index < -0.39 is 15.3 Å². The average Bonchev–Trinajstić information content (AvgIpc) is 3.76. The van der Waals surface area contributed by atoms with Crippen LogP contribution in [-0.4, -0.2) is 58.0 Å². The molecule has 10 nitrogen and oxygen atoms in total. The zero-order valence-corrected chi connectivity index (χ0v) is 22.0. The fourth-order valence-electron chi connectivity index (χ4n) is 4.65. The third-order valence-corrected chi connectivity index (χ3v) is 9.67. The van der Waals surface area contributed by atoms with Crippen molar-refractivity contribution >= 4 is 28.1 Å². The minimum Gasteiger partial charge on any atom is -0.377 e. The molecule has 1 aromatic heterocycles. The number of aromatic nitrogens is 2. The molecule has 2 heterocycles. The SMILES string of the molecule is CNC(=O)Nc1ccc(-c2nc(N3CCOC[C@@H]3C)cc(C3(S(O)(O)c4ccc(C#N)cc4)CC3)n2)cc1. The van der Waals surface area contributed by atoms with Crippen LogP contribution in [0.4, 0.5) is 16.3 Å². The van der Waals surface area contributed by atoms with Crippen LogP contribution in [0.3, 0.4) is 0 Å². The van der Waals surface area contributed by atoms with Gasteiger partial charge in [-0.3, -0.25) is 9.11 Å². The number of anilines is 2. The molecule has 11 heteroatoms. The number of carbonyl (C=O) groups is 1. The molecule has 198 valence electrons. The Balaban J connectivity index is 1.57. The third-order valence-electron chi connectivity index (χ3n) is 7.03. The monoisotopic (exact) mass is 534 g/mol. The van der Waals surface area contributed by atoms with Gasteiger partial charge in [-0.2, -0.15) is 15.9 Å². The lowest BCUT2D eigenvalue weighted by molar-refractivity contribution is 0.0985. The van der Waals surface area contributed by atoms with Crippen molar-refractivity contribution in [2.24, 2.45) is 0 Å². The van der Waals surface area contributed by atoms with Crippen molar-refractivity contribution in [3.05, 3.63) is 65.9 Å². The molecule has 2 aromatic carbocycles. The summed E-state index contributed by atoms with van der Waals surface area (Å²) in [4.78, 5) is 24.0. The van der Waals surface area contributed by atoms with Gasteiger partial charge in [0, 0.05) is 30.9 Å². The summed E-state index contributed by atoms with van der Waals surface area (Å²) < 4.78 is 27.8. The van der Waals surface area contributed by atoms with Crippen molar-refractivity contribution in [3.8, 4) is 17.5 Å². The summed E-state index contributed by atoms with van der Waals surface area (Å²) in [5.41, 5.74) is 2.39. The normalized spacial score (nSPS) is 18.8. The molecule has 2 amide bonds. The van der Waals surface area contributed by atoms with Crippen LogP contribution in [0, 0.1) is 11.3 Å². The van der Waals surface area contributed by atoms with Crippen LogP contribution in [0.5, 0.6) is 0 Å². The maximum Gasteiger partial charge on any atom is 0.318 e. The molecule has 0 radical (unpaired) electrons. The first-order valence-corrected chi connectivity index (χ1v) is 13.9. The molecule has 0 spiro atoms. The Morgan fingerprint density at radius 1 is 1.16 bits per heavy atom. The lowest BCUT2D eigenvalue weighted by atomic mass is 10.1. The van der Waals surface area contributed by atoms with Gasteiger partial charge in [-0.15, -0.1) is 0 Å². The van der Waals surface area contributed by atoms with Crippen molar-refractivity contribution in [3.63, 3.8) is 0 Å². The van der Waals surface area contributed by atoms with E-state index in [-0.39, 0.29) is 12.1 Å². The van der Waals surface area contributed by atoms with E-state index >= 15 is 0 Å². The molecule has 38 heavy (non-hydrogen) atoms. The Morgan fingerprint density at radius 3 is 2.47 bits per heavy atom. The van der Waals surface area contributed by atoms with Crippen molar-refractivity contribution in [2.75, 3.05) is 37.0 Å². The summed E-state index contributed by atoms with van der Waals surface area (Å²) in [6.07, 6.45) is 1.14.